The lowest BCUT2D eigenvalue weighted by Gasteiger charge is -2.37. The number of tetrazole rings is 1. The number of para-hydroxylation sites is 1. The Morgan fingerprint density at radius 2 is 1.92 bits per heavy atom. The summed E-state index contributed by atoms with van der Waals surface area (Å²) in [6.45, 7) is 3.57. The fourth-order valence-electron chi connectivity index (χ4n) is 5.22. The molecule has 1 aliphatic rings. The van der Waals surface area contributed by atoms with E-state index < -0.39 is 6.04 Å². The molecule has 0 unspecified atom stereocenters. The number of halogens is 1. The number of aryl methyl sites for hydroxylation is 1. The summed E-state index contributed by atoms with van der Waals surface area (Å²) in [4.78, 5) is 18.9. The van der Waals surface area contributed by atoms with E-state index in [1.807, 2.05) is 43.3 Å². The van der Waals surface area contributed by atoms with Gasteiger partial charge in [-0.15, -0.1) is 5.10 Å². The van der Waals surface area contributed by atoms with Gasteiger partial charge in [-0.25, -0.2) is 9.07 Å². The molecule has 0 spiro atoms. The maximum atomic E-state index is 13.6. The second kappa shape index (κ2) is 10.1. The van der Waals surface area contributed by atoms with Crippen LogP contribution in [0.25, 0.3) is 10.9 Å². The van der Waals surface area contributed by atoms with Crippen molar-refractivity contribution in [3.05, 3.63) is 111 Å². The molecule has 9 heteroatoms. The minimum atomic E-state index is -0.546. The Balaban J connectivity index is 1.52. The molecule has 0 saturated heterocycles. The number of aromatic amines is 1. The van der Waals surface area contributed by atoms with Crippen LogP contribution in [0.3, 0.4) is 0 Å². The second-order valence-corrected chi connectivity index (χ2v) is 9.39. The molecule has 5 aromatic rings. The molecular weight excluding hydrogens is 483 g/mol. The van der Waals surface area contributed by atoms with Crippen LogP contribution in [-0.2, 0) is 13.0 Å². The van der Waals surface area contributed by atoms with E-state index in [1.54, 1.807) is 16.8 Å². The Morgan fingerprint density at radius 1 is 1.08 bits per heavy atom. The maximum Gasteiger partial charge on any atom is 0.254 e. The first-order valence-corrected chi connectivity index (χ1v) is 12.8. The Hall–Kier alpha value is -4.53. The van der Waals surface area contributed by atoms with E-state index in [2.05, 4.69) is 37.5 Å². The SMILES string of the molecule is CCOc1ccc2[nH]c(=O)c([C@@H](c3nnnn3Cc3ccc(F)cc3)N3CCCc4ccccc43)cc2c1. The van der Waals surface area contributed by atoms with Gasteiger partial charge in [0.25, 0.3) is 5.56 Å². The number of nitrogens with zero attached hydrogens (tertiary/aromatic N) is 5. The van der Waals surface area contributed by atoms with E-state index >= 15 is 0 Å². The Kier molecular flexibility index (Phi) is 6.33. The molecule has 192 valence electrons. The molecule has 0 fully saturated rings. The number of H-pyrrole nitrogens is 1. The number of hydrogen-bond donors (Lipinski definition) is 1. The Labute approximate surface area is 218 Å². The van der Waals surface area contributed by atoms with Gasteiger partial charge < -0.3 is 14.6 Å². The molecule has 0 amide bonds. The molecule has 0 saturated carbocycles. The molecule has 8 nitrogen and oxygen atoms in total. The van der Waals surface area contributed by atoms with Crippen molar-refractivity contribution in [2.24, 2.45) is 0 Å². The summed E-state index contributed by atoms with van der Waals surface area (Å²) in [5, 5.41) is 13.5. The van der Waals surface area contributed by atoms with Crippen LogP contribution < -0.4 is 15.2 Å². The van der Waals surface area contributed by atoms with Crippen molar-refractivity contribution >= 4 is 16.6 Å². The predicted molar refractivity (Wildman–Crippen MR) is 143 cm³/mol. The van der Waals surface area contributed by atoms with Crippen LogP contribution in [0, 0.1) is 5.82 Å². The van der Waals surface area contributed by atoms with Gasteiger partial charge in [0, 0.05) is 28.7 Å². The first-order valence-electron chi connectivity index (χ1n) is 12.8. The zero-order valence-corrected chi connectivity index (χ0v) is 21.0. The van der Waals surface area contributed by atoms with Gasteiger partial charge in [0.1, 0.15) is 17.6 Å². The first-order chi connectivity index (χ1) is 18.6. The molecule has 3 heterocycles. The number of benzene rings is 3. The van der Waals surface area contributed by atoms with Gasteiger partial charge in [0.05, 0.1) is 13.2 Å². The Morgan fingerprint density at radius 3 is 2.76 bits per heavy atom. The standard InChI is InChI=1S/C29H27FN6O2/c1-2-38-23-13-14-25-21(16-23)17-24(29(37)31-25)27(35-15-5-7-20-6-3-4-8-26(20)35)28-32-33-34-36(28)18-19-9-11-22(30)12-10-19/h3-4,6,8-14,16-17,27H,2,5,7,15,18H2,1H3,(H,31,37)/t27-/m0/s1. The van der Waals surface area contributed by atoms with Crippen molar-refractivity contribution in [1.82, 2.24) is 25.2 Å². The third-order valence-corrected chi connectivity index (χ3v) is 6.96. The third-order valence-electron chi connectivity index (χ3n) is 6.96. The molecule has 1 atom stereocenters. The average molecular weight is 511 g/mol. The number of pyridine rings is 1. The highest BCUT2D eigenvalue weighted by molar-refractivity contribution is 5.81. The molecule has 6 rings (SSSR count). The van der Waals surface area contributed by atoms with Crippen LogP contribution in [0.4, 0.5) is 10.1 Å². The van der Waals surface area contributed by atoms with Gasteiger partial charge >= 0.3 is 0 Å². The van der Waals surface area contributed by atoms with Crippen molar-refractivity contribution in [2.75, 3.05) is 18.1 Å². The predicted octanol–water partition coefficient (Wildman–Crippen LogP) is 4.64. The van der Waals surface area contributed by atoms with E-state index in [9.17, 15) is 9.18 Å². The highest BCUT2D eigenvalue weighted by atomic mass is 19.1. The lowest BCUT2D eigenvalue weighted by atomic mass is 9.96. The van der Waals surface area contributed by atoms with Gasteiger partial charge in [0.2, 0.25) is 0 Å². The summed E-state index contributed by atoms with van der Waals surface area (Å²) in [5.41, 5.74) is 4.20. The summed E-state index contributed by atoms with van der Waals surface area (Å²) in [6.07, 6.45) is 1.90. The number of hydrogen-bond acceptors (Lipinski definition) is 6. The van der Waals surface area contributed by atoms with E-state index in [4.69, 9.17) is 4.74 Å². The molecule has 38 heavy (non-hydrogen) atoms. The van der Waals surface area contributed by atoms with E-state index in [-0.39, 0.29) is 11.4 Å². The van der Waals surface area contributed by atoms with Crippen LogP contribution >= 0.6 is 0 Å². The summed E-state index contributed by atoms with van der Waals surface area (Å²) in [6, 6.07) is 21.5. The van der Waals surface area contributed by atoms with Gasteiger partial charge in [-0.05, 0) is 83.8 Å². The minimum absolute atomic E-state index is 0.203. The fraction of sp³-hybridized carbons (Fsp3) is 0.241. The summed E-state index contributed by atoms with van der Waals surface area (Å²) in [7, 11) is 0. The normalized spacial score (nSPS) is 13.9. The summed E-state index contributed by atoms with van der Waals surface area (Å²) < 4.78 is 20.9. The zero-order chi connectivity index (χ0) is 26.1. The smallest absolute Gasteiger partial charge is 0.254 e. The van der Waals surface area contributed by atoms with Crippen LogP contribution in [-0.4, -0.2) is 38.3 Å². The van der Waals surface area contributed by atoms with E-state index in [1.165, 1.54) is 17.7 Å². The molecule has 3 aromatic carbocycles. The van der Waals surface area contributed by atoms with Crippen molar-refractivity contribution in [2.45, 2.75) is 32.4 Å². The van der Waals surface area contributed by atoms with Crippen LogP contribution in [0.5, 0.6) is 5.75 Å². The number of anilines is 1. The topological polar surface area (TPSA) is 88.9 Å². The number of fused-ring (bicyclic) bond motifs is 2. The molecule has 0 aliphatic carbocycles. The van der Waals surface area contributed by atoms with Crippen LogP contribution in [0.1, 0.15) is 41.9 Å². The van der Waals surface area contributed by atoms with Gasteiger partial charge in [0.15, 0.2) is 5.82 Å². The molecular formula is C29H27FN6O2. The highest BCUT2D eigenvalue weighted by Gasteiger charge is 2.33. The molecule has 1 N–H and O–H groups in total. The molecule has 1 aliphatic heterocycles. The van der Waals surface area contributed by atoms with Gasteiger partial charge in [-0.3, -0.25) is 4.79 Å². The second-order valence-electron chi connectivity index (χ2n) is 9.39. The molecule has 0 radical (unpaired) electrons. The average Bonchev–Trinajstić information content (AvgIpc) is 3.38. The molecule has 2 aromatic heterocycles. The minimum Gasteiger partial charge on any atom is -0.494 e. The Bertz CT molecular complexity index is 1650. The maximum absolute atomic E-state index is 13.6. The van der Waals surface area contributed by atoms with Crippen molar-refractivity contribution in [1.29, 1.82) is 0 Å². The fourth-order valence-corrected chi connectivity index (χ4v) is 5.22. The monoisotopic (exact) mass is 510 g/mol. The van der Waals surface area contributed by atoms with Crippen LogP contribution in [0.2, 0.25) is 0 Å². The quantitative estimate of drug-likeness (QED) is 0.343. The van der Waals surface area contributed by atoms with E-state index in [0.29, 0.717) is 24.5 Å². The number of ether oxygens (including phenoxy) is 1. The van der Waals surface area contributed by atoms with Gasteiger partial charge in [-0.2, -0.15) is 0 Å². The number of nitrogens with one attached hydrogen (secondary N) is 1. The van der Waals surface area contributed by atoms with Gasteiger partial charge in [-0.1, -0.05) is 30.3 Å². The first kappa shape index (κ1) is 23.8. The summed E-state index contributed by atoms with van der Waals surface area (Å²) in [5.74, 6) is 0.971. The molecule has 0 bridgehead atoms. The zero-order valence-electron chi connectivity index (χ0n) is 21.0. The third kappa shape index (κ3) is 4.51. The van der Waals surface area contributed by atoms with Crippen LogP contribution in [0.15, 0.2) is 77.6 Å². The van der Waals surface area contributed by atoms with Crippen molar-refractivity contribution < 1.29 is 9.13 Å². The largest absolute Gasteiger partial charge is 0.494 e. The number of aromatic nitrogens is 5. The van der Waals surface area contributed by atoms with Crippen molar-refractivity contribution in [3.8, 4) is 5.75 Å². The lowest BCUT2D eigenvalue weighted by molar-refractivity contribution is 0.340. The number of rotatable bonds is 7. The highest BCUT2D eigenvalue weighted by Crippen LogP contribution is 2.37. The lowest BCUT2D eigenvalue weighted by Crippen LogP contribution is -2.38. The van der Waals surface area contributed by atoms with E-state index in [0.717, 1.165) is 47.3 Å². The summed E-state index contributed by atoms with van der Waals surface area (Å²) >= 11 is 0. The van der Waals surface area contributed by atoms with Crippen molar-refractivity contribution in [3.63, 3.8) is 0 Å².